The van der Waals surface area contributed by atoms with Crippen molar-refractivity contribution in [2.24, 2.45) is 5.92 Å². The van der Waals surface area contributed by atoms with Crippen LogP contribution < -0.4 is 0 Å². The first-order valence-corrected chi connectivity index (χ1v) is 9.62. The highest BCUT2D eigenvalue weighted by molar-refractivity contribution is 7.15. The summed E-state index contributed by atoms with van der Waals surface area (Å²) in [5, 5.41) is 21.0. The zero-order valence-electron chi connectivity index (χ0n) is 13.8. The van der Waals surface area contributed by atoms with E-state index in [0.29, 0.717) is 11.8 Å². The smallest absolute Gasteiger partial charge is 0.157 e. The maximum atomic E-state index is 10.0. The van der Waals surface area contributed by atoms with Crippen LogP contribution in [0.4, 0.5) is 0 Å². The number of phenolic OH excluding ortho intramolecular Hbond substituents is 2. The third-order valence-corrected chi connectivity index (χ3v) is 6.84. The molecule has 126 valence electrons. The Morgan fingerprint density at radius 3 is 2.56 bits per heavy atom. The van der Waals surface area contributed by atoms with E-state index in [-0.39, 0.29) is 11.5 Å². The highest BCUT2D eigenvalue weighted by atomic mass is 32.1. The largest absolute Gasteiger partial charge is 0.504 e. The Kier molecular flexibility index (Phi) is 3.35. The van der Waals surface area contributed by atoms with Gasteiger partial charge in [-0.05, 0) is 54.9 Å². The van der Waals surface area contributed by atoms with Crippen LogP contribution >= 0.6 is 11.3 Å². The van der Waals surface area contributed by atoms with Gasteiger partial charge in [0.1, 0.15) is 5.01 Å². The van der Waals surface area contributed by atoms with Crippen molar-refractivity contribution in [1.82, 2.24) is 4.98 Å². The Morgan fingerprint density at radius 2 is 1.72 bits per heavy atom. The zero-order chi connectivity index (χ0) is 17.0. The molecule has 25 heavy (non-hydrogen) atoms. The molecule has 2 N–H and O–H groups in total. The van der Waals surface area contributed by atoms with Crippen LogP contribution in [-0.4, -0.2) is 15.2 Å². The first-order valence-electron chi connectivity index (χ1n) is 8.80. The number of rotatable bonds is 1. The van der Waals surface area contributed by atoms with E-state index >= 15 is 0 Å². The fraction of sp³-hybridized carbons (Fsp3) is 0.286. The van der Waals surface area contributed by atoms with Crippen LogP contribution in [0.1, 0.15) is 40.5 Å². The Labute approximate surface area is 150 Å². The second kappa shape index (κ2) is 5.60. The summed E-state index contributed by atoms with van der Waals surface area (Å²) in [7, 11) is 0. The first kappa shape index (κ1) is 15.0. The Morgan fingerprint density at radius 1 is 0.960 bits per heavy atom. The fourth-order valence-electron chi connectivity index (χ4n) is 4.38. The lowest BCUT2D eigenvalue weighted by Crippen LogP contribution is -2.26. The van der Waals surface area contributed by atoms with Gasteiger partial charge >= 0.3 is 0 Å². The van der Waals surface area contributed by atoms with Gasteiger partial charge in [0.25, 0.3) is 0 Å². The molecular formula is C21H19NO2S. The quantitative estimate of drug-likeness (QED) is 0.617. The maximum absolute atomic E-state index is 10.0. The van der Waals surface area contributed by atoms with Gasteiger partial charge < -0.3 is 10.2 Å². The molecule has 0 bridgehead atoms. The fourth-order valence-corrected chi connectivity index (χ4v) is 5.71. The Balaban J connectivity index is 1.65. The minimum Gasteiger partial charge on any atom is -0.504 e. The van der Waals surface area contributed by atoms with Crippen molar-refractivity contribution in [1.29, 1.82) is 0 Å². The molecule has 2 atom stereocenters. The summed E-state index contributed by atoms with van der Waals surface area (Å²) in [5.41, 5.74) is 4.73. The third-order valence-electron chi connectivity index (χ3n) is 5.61. The molecule has 0 spiro atoms. The van der Waals surface area contributed by atoms with E-state index in [2.05, 4.69) is 24.3 Å². The molecule has 1 aromatic heterocycles. The van der Waals surface area contributed by atoms with E-state index in [9.17, 15) is 10.2 Å². The van der Waals surface area contributed by atoms with E-state index in [1.54, 1.807) is 23.5 Å². The summed E-state index contributed by atoms with van der Waals surface area (Å²) < 4.78 is 0. The van der Waals surface area contributed by atoms with Crippen LogP contribution in [0.3, 0.4) is 0 Å². The van der Waals surface area contributed by atoms with Gasteiger partial charge in [0.05, 0.1) is 5.69 Å². The number of hydrogen-bond donors (Lipinski definition) is 2. The van der Waals surface area contributed by atoms with Gasteiger partial charge in [-0.1, -0.05) is 30.3 Å². The molecule has 0 fully saturated rings. The van der Waals surface area contributed by atoms with Gasteiger partial charge in [-0.3, -0.25) is 0 Å². The first-order chi connectivity index (χ1) is 12.2. The molecule has 0 saturated carbocycles. The topological polar surface area (TPSA) is 53.4 Å². The van der Waals surface area contributed by atoms with Crippen molar-refractivity contribution < 1.29 is 10.2 Å². The van der Waals surface area contributed by atoms with Gasteiger partial charge in [0, 0.05) is 16.4 Å². The lowest BCUT2D eigenvalue weighted by molar-refractivity contribution is 0.358. The maximum Gasteiger partial charge on any atom is 0.157 e. The standard InChI is InChI=1S/C21H19NO2S/c23-17-10-14-7-6-12-8-9-16-20(19(12)15(14)11-18(17)24)25-21(22-16)13-4-2-1-3-5-13/h1-5,10-12,19,23-24H,6-9H2/t12-,19-/m1/s1. The van der Waals surface area contributed by atoms with Crippen LogP contribution in [0.15, 0.2) is 42.5 Å². The van der Waals surface area contributed by atoms with E-state index in [1.807, 2.05) is 6.07 Å². The molecular weight excluding hydrogens is 330 g/mol. The summed E-state index contributed by atoms with van der Waals surface area (Å²) in [4.78, 5) is 6.28. The highest BCUT2D eigenvalue weighted by Crippen LogP contribution is 2.51. The van der Waals surface area contributed by atoms with Crippen LogP contribution in [0.5, 0.6) is 11.5 Å². The SMILES string of the molecule is Oc1cc2c(cc1O)[C@@H]1c3sc(-c4ccccc4)nc3CC[C@H]1CC2. The molecule has 0 saturated heterocycles. The molecule has 2 aromatic carbocycles. The van der Waals surface area contributed by atoms with Crippen LogP contribution in [0.2, 0.25) is 0 Å². The minimum absolute atomic E-state index is 0.0116. The number of aryl methyl sites for hydroxylation is 2. The molecule has 3 nitrogen and oxygen atoms in total. The summed E-state index contributed by atoms with van der Waals surface area (Å²) in [6.45, 7) is 0. The second-order valence-corrected chi connectivity index (χ2v) is 8.08. The molecule has 0 unspecified atom stereocenters. The van der Waals surface area contributed by atoms with E-state index in [1.165, 1.54) is 27.3 Å². The molecule has 0 amide bonds. The molecule has 2 aliphatic rings. The Bertz CT molecular complexity index is 948. The third kappa shape index (κ3) is 2.35. The average Bonchev–Trinajstić information content (AvgIpc) is 3.07. The van der Waals surface area contributed by atoms with Gasteiger partial charge in [0.15, 0.2) is 11.5 Å². The van der Waals surface area contributed by atoms with Crippen molar-refractivity contribution in [2.75, 3.05) is 0 Å². The number of fused-ring (bicyclic) bond motifs is 5. The van der Waals surface area contributed by atoms with Crippen LogP contribution in [0, 0.1) is 5.92 Å². The van der Waals surface area contributed by atoms with Gasteiger partial charge in [-0.25, -0.2) is 4.98 Å². The second-order valence-electron chi connectivity index (χ2n) is 7.05. The number of aromatic nitrogens is 1. The molecule has 4 heteroatoms. The summed E-state index contributed by atoms with van der Waals surface area (Å²) in [5.74, 6) is 0.879. The summed E-state index contributed by atoms with van der Waals surface area (Å²) in [6, 6.07) is 13.9. The lowest BCUT2D eigenvalue weighted by atomic mass is 9.69. The van der Waals surface area contributed by atoms with Gasteiger partial charge in [0.2, 0.25) is 0 Å². The number of benzene rings is 2. The summed E-state index contributed by atoms with van der Waals surface area (Å²) in [6.07, 6.45) is 4.31. The molecule has 5 rings (SSSR count). The van der Waals surface area contributed by atoms with E-state index < -0.39 is 0 Å². The molecule has 0 radical (unpaired) electrons. The van der Waals surface area contributed by atoms with Gasteiger partial charge in [-0.2, -0.15) is 0 Å². The van der Waals surface area contributed by atoms with Crippen molar-refractivity contribution in [2.45, 2.75) is 31.6 Å². The normalized spacial score (nSPS) is 21.3. The van der Waals surface area contributed by atoms with Crippen molar-refractivity contribution in [3.8, 4) is 22.1 Å². The lowest BCUT2D eigenvalue weighted by Gasteiger charge is -2.36. The Hall–Kier alpha value is -2.33. The van der Waals surface area contributed by atoms with Crippen LogP contribution in [0.25, 0.3) is 10.6 Å². The number of nitrogens with zero attached hydrogens (tertiary/aromatic N) is 1. The monoisotopic (exact) mass is 349 g/mol. The summed E-state index contributed by atoms with van der Waals surface area (Å²) >= 11 is 1.79. The average molecular weight is 349 g/mol. The van der Waals surface area contributed by atoms with E-state index in [4.69, 9.17) is 4.98 Å². The van der Waals surface area contributed by atoms with Gasteiger partial charge in [-0.15, -0.1) is 11.3 Å². The van der Waals surface area contributed by atoms with Crippen molar-refractivity contribution >= 4 is 11.3 Å². The number of thiazole rings is 1. The predicted octanol–water partition coefficient (Wildman–Crippen LogP) is 4.86. The molecule has 3 aromatic rings. The molecule has 0 aliphatic heterocycles. The minimum atomic E-state index is -0.0145. The van der Waals surface area contributed by atoms with E-state index in [0.717, 1.165) is 30.7 Å². The molecule has 1 heterocycles. The number of hydrogen-bond acceptors (Lipinski definition) is 4. The molecule has 2 aliphatic carbocycles. The zero-order valence-corrected chi connectivity index (χ0v) is 14.6. The predicted molar refractivity (Wildman–Crippen MR) is 99.3 cm³/mol. The number of phenols is 2. The highest BCUT2D eigenvalue weighted by Gasteiger charge is 2.38. The van der Waals surface area contributed by atoms with Crippen LogP contribution in [-0.2, 0) is 12.8 Å². The number of aromatic hydroxyl groups is 2. The van der Waals surface area contributed by atoms with Crippen molar-refractivity contribution in [3.05, 3.63) is 64.2 Å². The van der Waals surface area contributed by atoms with Crippen molar-refractivity contribution in [3.63, 3.8) is 0 Å².